The molecule has 0 aliphatic heterocycles. The summed E-state index contributed by atoms with van der Waals surface area (Å²) < 4.78 is 10.2. The maximum atomic E-state index is 12.3. The second-order valence-corrected chi connectivity index (χ2v) is 7.14. The number of carbonyl (C=O) groups excluding carboxylic acids is 2. The molecule has 7 atom stereocenters. The van der Waals surface area contributed by atoms with E-state index in [4.69, 9.17) is 9.47 Å². The van der Waals surface area contributed by atoms with Crippen molar-refractivity contribution >= 4 is 11.9 Å². The van der Waals surface area contributed by atoms with Crippen molar-refractivity contribution in [1.29, 1.82) is 0 Å². The van der Waals surface area contributed by atoms with Gasteiger partial charge in [-0.25, -0.2) is 4.79 Å². The zero-order valence-corrected chi connectivity index (χ0v) is 12.6. The lowest BCUT2D eigenvalue weighted by atomic mass is 9.69. The molecule has 4 bridgehead atoms. The van der Waals surface area contributed by atoms with Gasteiger partial charge in [-0.2, -0.15) is 0 Å². The Balaban J connectivity index is 1.31. The molecule has 3 saturated carbocycles. The molecule has 0 radical (unpaired) electrons. The summed E-state index contributed by atoms with van der Waals surface area (Å²) in [5.41, 5.74) is 0. The summed E-state index contributed by atoms with van der Waals surface area (Å²) in [6, 6.07) is 0. The maximum absolute atomic E-state index is 12.3. The smallest absolute Gasteiger partial charge is 0.330 e. The summed E-state index contributed by atoms with van der Waals surface area (Å²) in [6.07, 6.45) is 9.41. The zero-order valence-electron chi connectivity index (χ0n) is 12.6. The standard InChI is InChI=1S/C18H22O4/c1-2-15(19)21-5-6-22-18(20)14-9-12-8-13(14)17-11-4-3-10(7-11)16(12)17/h2-4,10-14,16-17H,1,5-9H2. The first-order chi connectivity index (χ1) is 10.7. The molecule has 0 spiro atoms. The Kier molecular flexibility index (Phi) is 3.35. The monoisotopic (exact) mass is 302 g/mol. The average Bonchev–Trinajstić information content (AvgIpc) is 3.28. The third kappa shape index (κ3) is 2.03. The van der Waals surface area contributed by atoms with Crippen LogP contribution in [-0.4, -0.2) is 25.2 Å². The molecule has 22 heavy (non-hydrogen) atoms. The average molecular weight is 302 g/mol. The molecule has 4 nitrogen and oxygen atoms in total. The number of hydrogen-bond acceptors (Lipinski definition) is 4. The number of hydrogen-bond donors (Lipinski definition) is 0. The van der Waals surface area contributed by atoms with Gasteiger partial charge in [0.15, 0.2) is 0 Å². The molecule has 4 aliphatic rings. The van der Waals surface area contributed by atoms with E-state index in [0.29, 0.717) is 23.7 Å². The van der Waals surface area contributed by atoms with Crippen LogP contribution >= 0.6 is 0 Å². The van der Waals surface area contributed by atoms with Crippen LogP contribution in [0.25, 0.3) is 0 Å². The molecule has 4 aliphatic carbocycles. The van der Waals surface area contributed by atoms with Crippen molar-refractivity contribution in [2.45, 2.75) is 19.3 Å². The van der Waals surface area contributed by atoms with Gasteiger partial charge in [-0.05, 0) is 54.8 Å². The van der Waals surface area contributed by atoms with Crippen LogP contribution in [0.3, 0.4) is 0 Å². The van der Waals surface area contributed by atoms with Crippen molar-refractivity contribution < 1.29 is 19.1 Å². The van der Waals surface area contributed by atoms with Crippen LogP contribution in [0, 0.1) is 41.4 Å². The molecule has 7 unspecified atom stereocenters. The number of ether oxygens (including phenoxy) is 2. The minimum absolute atomic E-state index is 0.0640. The van der Waals surface area contributed by atoms with Crippen LogP contribution < -0.4 is 0 Å². The molecular weight excluding hydrogens is 280 g/mol. The summed E-state index contributed by atoms with van der Waals surface area (Å²) in [4.78, 5) is 23.3. The molecule has 0 aromatic heterocycles. The van der Waals surface area contributed by atoms with E-state index >= 15 is 0 Å². The van der Waals surface area contributed by atoms with Gasteiger partial charge in [0, 0.05) is 6.08 Å². The summed E-state index contributed by atoms with van der Waals surface area (Å²) in [5.74, 6) is 3.75. The highest BCUT2D eigenvalue weighted by molar-refractivity contribution is 5.81. The van der Waals surface area contributed by atoms with Gasteiger partial charge in [0.25, 0.3) is 0 Å². The van der Waals surface area contributed by atoms with Crippen molar-refractivity contribution in [2.75, 3.05) is 13.2 Å². The second-order valence-electron chi connectivity index (χ2n) is 7.14. The van der Waals surface area contributed by atoms with Crippen molar-refractivity contribution in [3.63, 3.8) is 0 Å². The van der Waals surface area contributed by atoms with Crippen molar-refractivity contribution in [3.05, 3.63) is 24.8 Å². The lowest BCUT2D eigenvalue weighted by Crippen LogP contribution is -2.35. The van der Waals surface area contributed by atoms with E-state index in [1.807, 2.05) is 0 Å². The highest BCUT2D eigenvalue weighted by atomic mass is 16.6. The van der Waals surface area contributed by atoms with Gasteiger partial charge in [-0.3, -0.25) is 4.79 Å². The third-order valence-corrected chi connectivity index (χ3v) is 6.31. The van der Waals surface area contributed by atoms with Gasteiger partial charge >= 0.3 is 11.9 Å². The zero-order chi connectivity index (χ0) is 15.3. The summed E-state index contributed by atoms with van der Waals surface area (Å²) in [7, 11) is 0. The van der Waals surface area contributed by atoms with Gasteiger partial charge in [0.1, 0.15) is 13.2 Å². The highest BCUT2D eigenvalue weighted by Crippen LogP contribution is 2.67. The normalized spacial score (nSPS) is 43.2. The topological polar surface area (TPSA) is 52.6 Å². The summed E-state index contributed by atoms with van der Waals surface area (Å²) in [6.45, 7) is 3.58. The van der Waals surface area contributed by atoms with Gasteiger partial charge < -0.3 is 9.47 Å². The SMILES string of the molecule is C=CC(=O)OCCOC(=O)C1CC2CC1C1C3C=CC(C3)C21. The molecule has 4 heteroatoms. The number of allylic oxidation sites excluding steroid dienone is 2. The Bertz CT molecular complexity index is 537. The Labute approximate surface area is 130 Å². The molecule has 4 rings (SSSR count). The van der Waals surface area contributed by atoms with Gasteiger partial charge in [-0.1, -0.05) is 18.7 Å². The Hall–Kier alpha value is -1.58. The summed E-state index contributed by atoms with van der Waals surface area (Å²) >= 11 is 0. The first-order valence-corrected chi connectivity index (χ1v) is 8.33. The van der Waals surface area contributed by atoms with Crippen LogP contribution in [-0.2, 0) is 19.1 Å². The fourth-order valence-electron chi connectivity index (χ4n) is 5.74. The van der Waals surface area contributed by atoms with Crippen molar-refractivity contribution in [2.24, 2.45) is 41.4 Å². The van der Waals surface area contributed by atoms with Crippen LogP contribution in [0.5, 0.6) is 0 Å². The van der Waals surface area contributed by atoms with Crippen molar-refractivity contribution in [1.82, 2.24) is 0 Å². The molecule has 0 aromatic rings. The first kappa shape index (κ1) is 14.0. The molecule has 3 fully saturated rings. The predicted molar refractivity (Wildman–Crippen MR) is 79.5 cm³/mol. The third-order valence-electron chi connectivity index (χ3n) is 6.31. The lowest BCUT2D eigenvalue weighted by Gasteiger charge is -2.35. The van der Waals surface area contributed by atoms with Gasteiger partial charge in [0.2, 0.25) is 0 Å². The van der Waals surface area contributed by atoms with Crippen LogP contribution in [0.1, 0.15) is 19.3 Å². The van der Waals surface area contributed by atoms with E-state index in [0.717, 1.165) is 24.3 Å². The van der Waals surface area contributed by atoms with Crippen LogP contribution in [0.4, 0.5) is 0 Å². The van der Waals surface area contributed by atoms with E-state index in [1.54, 1.807) is 0 Å². The quantitative estimate of drug-likeness (QED) is 0.257. The second kappa shape index (κ2) is 5.25. The van der Waals surface area contributed by atoms with Gasteiger partial charge in [0.05, 0.1) is 5.92 Å². The molecule has 0 aromatic carbocycles. The van der Waals surface area contributed by atoms with E-state index in [1.165, 1.54) is 12.8 Å². The number of esters is 2. The molecular formula is C18H22O4. The fraction of sp³-hybridized carbons (Fsp3) is 0.667. The molecule has 0 amide bonds. The van der Waals surface area contributed by atoms with E-state index in [2.05, 4.69) is 18.7 Å². The van der Waals surface area contributed by atoms with E-state index < -0.39 is 5.97 Å². The predicted octanol–water partition coefficient (Wildman–Crippen LogP) is 2.35. The Morgan fingerprint density at radius 2 is 1.77 bits per heavy atom. The van der Waals surface area contributed by atoms with Crippen molar-refractivity contribution in [3.8, 4) is 0 Å². The van der Waals surface area contributed by atoms with E-state index in [9.17, 15) is 9.59 Å². The van der Waals surface area contributed by atoms with Crippen LogP contribution in [0.15, 0.2) is 24.8 Å². The molecule has 0 N–H and O–H groups in total. The lowest BCUT2D eigenvalue weighted by molar-refractivity contribution is -0.156. The number of rotatable bonds is 5. The Morgan fingerprint density at radius 3 is 2.55 bits per heavy atom. The Morgan fingerprint density at radius 1 is 1.05 bits per heavy atom. The van der Waals surface area contributed by atoms with E-state index in [-0.39, 0.29) is 25.1 Å². The maximum Gasteiger partial charge on any atom is 0.330 e. The summed E-state index contributed by atoms with van der Waals surface area (Å²) in [5, 5.41) is 0. The first-order valence-electron chi connectivity index (χ1n) is 8.33. The largest absolute Gasteiger partial charge is 0.462 e. The molecule has 0 heterocycles. The number of carbonyl (C=O) groups is 2. The highest BCUT2D eigenvalue weighted by Gasteiger charge is 2.62. The van der Waals surface area contributed by atoms with Gasteiger partial charge in [-0.15, -0.1) is 0 Å². The minimum atomic E-state index is -0.479. The minimum Gasteiger partial charge on any atom is -0.462 e. The number of fused-ring (bicyclic) bond motifs is 9. The fourth-order valence-corrected chi connectivity index (χ4v) is 5.74. The molecule has 118 valence electrons. The van der Waals surface area contributed by atoms with Crippen LogP contribution in [0.2, 0.25) is 0 Å². The molecule has 0 saturated heterocycles.